The second-order valence-electron chi connectivity index (χ2n) is 6.15. The predicted octanol–water partition coefficient (Wildman–Crippen LogP) is 1.51. The molecule has 1 amide bonds. The molecule has 1 aromatic heterocycles. The Morgan fingerprint density at radius 2 is 2.04 bits per heavy atom. The van der Waals surface area contributed by atoms with Gasteiger partial charge in [-0.05, 0) is 37.6 Å². The SMILES string of the molecule is O=C(NCCCCN1CCOCC1)c1cc(=O)c2cc(F)ccc2[nH]1. The number of benzene rings is 1. The van der Waals surface area contributed by atoms with E-state index in [0.29, 0.717) is 12.1 Å². The summed E-state index contributed by atoms with van der Waals surface area (Å²) >= 11 is 0. The third-order valence-corrected chi connectivity index (χ3v) is 4.33. The van der Waals surface area contributed by atoms with Crippen LogP contribution in [0.25, 0.3) is 10.9 Å². The van der Waals surface area contributed by atoms with Crippen LogP contribution in [0.3, 0.4) is 0 Å². The van der Waals surface area contributed by atoms with Crippen LogP contribution in [0, 0.1) is 5.82 Å². The molecule has 0 radical (unpaired) electrons. The highest BCUT2D eigenvalue weighted by Crippen LogP contribution is 2.10. The first kappa shape index (κ1) is 17.6. The maximum atomic E-state index is 13.2. The fourth-order valence-electron chi connectivity index (χ4n) is 2.92. The number of hydrogen-bond acceptors (Lipinski definition) is 4. The smallest absolute Gasteiger partial charge is 0.267 e. The van der Waals surface area contributed by atoms with Gasteiger partial charge in [-0.2, -0.15) is 0 Å². The molecule has 2 aromatic rings. The van der Waals surface area contributed by atoms with E-state index in [1.807, 2.05) is 0 Å². The van der Waals surface area contributed by atoms with Crippen molar-refractivity contribution in [1.29, 1.82) is 0 Å². The van der Waals surface area contributed by atoms with E-state index < -0.39 is 5.82 Å². The fraction of sp³-hybridized carbons (Fsp3) is 0.444. The number of rotatable bonds is 6. The maximum Gasteiger partial charge on any atom is 0.267 e. The van der Waals surface area contributed by atoms with Gasteiger partial charge in [0.25, 0.3) is 5.91 Å². The minimum absolute atomic E-state index is 0.192. The lowest BCUT2D eigenvalue weighted by molar-refractivity contribution is 0.0372. The molecule has 1 saturated heterocycles. The first-order valence-corrected chi connectivity index (χ1v) is 8.54. The van der Waals surface area contributed by atoms with E-state index in [2.05, 4.69) is 15.2 Å². The van der Waals surface area contributed by atoms with Gasteiger partial charge in [0.15, 0.2) is 5.43 Å². The topological polar surface area (TPSA) is 74.4 Å². The molecule has 6 nitrogen and oxygen atoms in total. The Kier molecular flexibility index (Phi) is 5.78. The number of carbonyl (C=O) groups excluding carboxylic acids is 1. The van der Waals surface area contributed by atoms with Crippen LogP contribution in [0.15, 0.2) is 29.1 Å². The van der Waals surface area contributed by atoms with Gasteiger partial charge in [-0.1, -0.05) is 0 Å². The van der Waals surface area contributed by atoms with Crippen molar-refractivity contribution in [2.45, 2.75) is 12.8 Å². The Hall–Kier alpha value is -2.25. The zero-order chi connectivity index (χ0) is 17.6. The van der Waals surface area contributed by atoms with E-state index in [4.69, 9.17) is 4.74 Å². The van der Waals surface area contributed by atoms with E-state index in [0.717, 1.165) is 45.7 Å². The molecule has 2 N–H and O–H groups in total. The van der Waals surface area contributed by atoms with Crippen molar-refractivity contribution < 1.29 is 13.9 Å². The van der Waals surface area contributed by atoms with Gasteiger partial charge in [0.1, 0.15) is 11.5 Å². The molecule has 134 valence electrons. The average Bonchev–Trinajstić information content (AvgIpc) is 2.62. The highest BCUT2D eigenvalue weighted by molar-refractivity contribution is 5.94. The van der Waals surface area contributed by atoms with Gasteiger partial charge < -0.3 is 15.0 Å². The molecule has 25 heavy (non-hydrogen) atoms. The summed E-state index contributed by atoms with van der Waals surface area (Å²) in [6, 6.07) is 5.10. The zero-order valence-electron chi connectivity index (χ0n) is 14.0. The van der Waals surface area contributed by atoms with E-state index in [9.17, 15) is 14.0 Å². The number of unbranched alkanes of at least 4 members (excludes halogenated alkanes) is 1. The van der Waals surface area contributed by atoms with Gasteiger partial charge in [0, 0.05) is 31.1 Å². The summed E-state index contributed by atoms with van der Waals surface area (Å²) in [5, 5.41) is 3.05. The number of amides is 1. The molecular weight excluding hydrogens is 325 g/mol. The second kappa shape index (κ2) is 8.22. The largest absolute Gasteiger partial charge is 0.379 e. The Morgan fingerprint density at radius 1 is 1.24 bits per heavy atom. The van der Waals surface area contributed by atoms with Crippen LogP contribution in [0.5, 0.6) is 0 Å². The lowest BCUT2D eigenvalue weighted by Gasteiger charge is -2.26. The van der Waals surface area contributed by atoms with Crippen LogP contribution < -0.4 is 10.7 Å². The monoisotopic (exact) mass is 347 g/mol. The number of nitrogens with one attached hydrogen (secondary N) is 2. The molecule has 0 spiro atoms. The molecule has 0 unspecified atom stereocenters. The molecule has 1 aliphatic heterocycles. The molecule has 0 aliphatic carbocycles. The van der Waals surface area contributed by atoms with Crippen LogP contribution in [-0.2, 0) is 4.74 Å². The number of pyridine rings is 1. The van der Waals surface area contributed by atoms with Crippen LogP contribution in [0.1, 0.15) is 23.3 Å². The summed E-state index contributed by atoms with van der Waals surface area (Å²) < 4.78 is 18.5. The van der Waals surface area contributed by atoms with Crippen molar-refractivity contribution >= 4 is 16.8 Å². The maximum absolute atomic E-state index is 13.2. The zero-order valence-corrected chi connectivity index (χ0v) is 14.0. The number of aromatic amines is 1. The summed E-state index contributed by atoms with van der Waals surface area (Å²) in [6.45, 7) is 5.05. The van der Waals surface area contributed by atoms with Crippen molar-refractivity contribution in [2.75, 3.05) is 39.4 Å². The van der Waals surface area contributed by atoms with Crippen LogP contribution in [0.2, 0.25) is 0 Å². The summed E-state index contributed by atoms with van der Waals surface area (Å²) in [6.07, 6.45) is 1.86. The number of halogens is 1. The van der Waals surface area contributed by atoms with Crippen LogP contribution >= 0.6 is 0 Å². The number of morpholine rings is 1. The minimum atomic E-state index is -0.476. The highest BCUT2D eigenvalue weighted by atomic mass is 19.1. The van der Waals surface area contributed by atoms with E-state index in [1.165, 1.54) is 24.3 Å². The number of H-pyrrole nitrogens is 1. The standard InChI is InChI=1S/C18H22FN3O3/c19-13-3-4-15-14(11-13)17(23)12-16(21-15)18(24)20-5-1-2-6-22-7-9-25-10-8-22/h3-4,11-12H,1-2,5-10H2,(H,20,24)(H,21,23). The summed E-state index contributed by atoms with van der Waals surface area (Å²) in [5.74, 6) is -0.801. The second-order valence-corrected chi connectivity index (χ2v) is 6.15. The number of hydrogen-bond donors (Lipinski definition) is 2. The Bertz CT molecular complexity index is 800. The van der Waals surface area contributed by atoms with E-state index in [-0.39, 0.29) is 22.4 Å². The quantitative estimate of drug-likeness (QED) is 0.777. The van der Waals surface area contributed by atoms with Crippen molar-refractivity contribution in [1.82, 2.24) is 15.2 Å². The first-order valence-electron chi connectivity index (χ1n) is 8.54. The number of nitrogens with zero attached hydrogens (tertiary/aromatic N) is 1. The molecule has 2 heterocycles. The van der Waals surface area contributed by atoms with Crippen LogP contribution in [0.4, 0.5) is 4.39 Å². The summed E-state index contributed by atoms with van der Waals surface area (Å²) in [5.41, 5.74) is 0.273. The molecule has 0 atom stereocenters. The van der Waals surface area contributed by atoms with Gasteiger partial charge in [0.05, 0.1) is 18.7 Å². The average molecular weight is 347 g/mol. The number of carbonyl (C=O) groups is 1. The molecule has 3 rings (SSSR count). The molecular formula is C18H22FN3O3. The third-order valence-electron chi connectivity index (χ3n) is 4.33. The summed E-state index contributed by atoms with van der Waals surface area (Å²) in [4.78, 5) is 29.5. The third kappa shape index (κ3) is 4.64. The Balaban J connectivity index is 1.50. The van der Waals surface area contributed by atoms with Gasteiger partial charge in [-0.3, -0.25) is 14.5 Å². The number of ether oxygens (including phenoxy) is 1. The Labute approximate surface area is 145 Å². The molecule has 1 aliphatic rings. The minimum Gasteiger partial charge on any atom is -0.379 e. The normalized spacial score (nSPS) is 15.4. The Morgan fingerprint density at radius 3 is 2.84 bits per heavy atom. The van der Waals surface area contributed by atoms with Crippen molar-refractivity contribution in [3.05, 3.63) is 46.0 Å². The lowest BCUT2D eigenvalue weighted by atomic mass is 10.2. The molecule has 0 bridgehead atoms. The van der Waals surface area contributed by atoms with Gasteiger partial charge >= 0.3 is 0 Å². The van der Waals surface area contributed by atoms with Gasteiger partial charge in [0.2, 0.25) is 0 Å². The van der Waals surface area contributed by atoms with Crippen molar-refractivity contribution in [2.24, 2.45) is 0 Å². The van der Waals surface area contributed by atoms with E-state index >= 15 is 0 Å². The predicted molar refractivity (Wildman–Crippen MR) is 93.4 cm³/mol. The molecule has 1 aromatic carbocycles. The highest BCUT2D eigenvalue weighted by Gasteiger charge is 2.11. The lowest BCUT2D eigenvalue weighted by Crippen LogP contribution is -2.37. The molecule has 1 fully saturated rings. The van der Waals surface area contributed by atoms with Crippen molar-refractivity contribution in [3.63, 3.8) is 0 Å². The van der Waals surface area contributed by atoms with Gasteiger partial charge in [-0.15, -0.1) is 0 Å². The van der Waals surface area contributed by atoms with Crippen molar-refractivity contribution in [3.8, 4) is 0 Å². The van der Waals surface area contributed by atoms with E-state index in [1.54, 1.807) is 0 Å². The van der Waals surface area contributed by atoms with Gasteiger partial charge in [-0.25, -0.2) is 4.39 Å². The summed E-state index contributed by atoms with van der Waals surface area (Å²) in [7, 11) is 0. The first-order chi connectivity index (χ1) is 12.1. The molecule has 0 saturated carbocycles. The number of fused-ring (bicyclic) bond motifs is 1. The molecule has 7 heteroatoms. The number of aromatic nitrogens is 1. The van der Waals surface area contributed by atoms with Crippen LogP contribution in [-0.4, -0.2) is 55.2 Å². The fourth-order valence-corrected chi connectivity index (χ4v) is 2.92.